The Labute approximate surface area is 136 Å². The van der Waals surface area contributed by atoms with E-state index >= 15 is 0 Å². The van der Waals surface area contributed by atoms with Crippen LogP contribution in [-0.2, 0) is 16.1 Å². The van der Waals surface area contributed by atoms with Gasteiger partial charge in [0.15, 0.2) is 0 Å². The van der Waals surface area contributed by atoms with E-state index < -0.39 is 0 Å². The molecule has 0 unspecified atom stereocenters. The zero-order valence-corrected chi connectivity index (χ0v) is 13.8. The number of benzene rings is 1. The monoisotopic (exact) mass is 323 g/mol. The topological polar surface area (TPSA) is 43.9 Å². The molecule has 0 saturated carbocycles. The van der Waals surface area contributed by atoms with Crippen LogP contribution in [0.15, 0.2) is 24.3 Å². The maximum absolute atomic E-state index is 12.4. The van der Waals surface area contributed by atoms with Crippen molar-refractivity contribution in [2.45, 2.75) is 13.5 Å². The van der Waals surface area contributed by atoms with Gasteiger partial charge in [0.05, 0.1) is 0 Å². The van der Waals surface area contributed by atoms with Crippen molar-refractivity contribution in [3.63, 3.8) is 0 Å². The molecule has 120 valence electrons. The highest BCUT2D eigenvalue weighted by Crippen LogP contribution is 2.17. The van der Waals surface area contributed by atoms with Gasteiger partial charge in [-0.3, -0.25) is 9.59 Å². The molecule has 1 fully saturated rings. The predicted octanol–water partition coefficient (Wildman–Crippen LogP) is 1.46. The molecule has 1 aromatic rings. The summed E-state index contributed by atoms with van der Waals surface area (Å²) in [7, 11) is 2.04. The van der Waals surface area contributed by atoms with Crippen molar-refractivity contribution < 1.29 is 9.59 Å². The van der Waals surface area contributed by atoms with E-state index in [9.17, 15) is 9.59 Å². The van der Waals surface area contributed by atoms with Crippen molar-refractivity contribution in [1.82, 2.24) is 14.7 Å². The average Bonchev–Trinajstić information content (AvgIpc) is 2.49. The zero-order chi connectivity index (χ0) is 16.1. The molecule has 0 N–H and O–H groups in total. The van der Waals surface area contributed by atoms with Gasteiger partial charge in [-0.2, -0.15) is 0 Å². The van der Waals surface area contributed by atoms with Crippen molar-refractivity contribution in [3.8, 4) is 0 Å². The lowest BCUT2D eigenvalue weighted by Crippen LogP contribution is -2.50. The molecule has 22 heavy (non-hydrogen) atoms. The lowest BCUT2D eigenvalue weighted by Gasteiger charge is -2.34. The number of piperazine rings is 1. The van der Waals surface area contributed by atoms with E-state index in [1.54, 1.807) is 11.0 Å². The Morgan fingerprint density at radius 2 is 1.82 bits per heavy atom. The Hall–Kier alpha value is -1.59. The van der Waals surface area contributed by atoms with Gasteiger partial charge in [0.1, 0.15) is 6.54 Å². The third-order valence-corrected chi connectivity index (χ3v) is 4.32. The molecule has 1 heterocycles. The second-order valence-corrected chi connectivity index (χ2v) is 6.06. The maximum Gasteiger partial charge on any atom is 0.242 e. The van der Waals surface area contributed by atoms with Crippen LogP contribution in [0.1, 0.15) is 12.5 Å². The Balaban J connectivity index is 1.98. The van der Waals surface area contributed by atoms with Crippen LogP contribution in [0.25, 0.3) is 0 Å². The summed E-state index contributed by atoms with van der Waals surface area (Å²) in [6.45, 7) is 5.11. The quantitative estimate of drug-likeness (QED) is 0.842. The molecule has 0 bridgehead atoms. The van der Waals surface area contributed by atoms with E-state index in [4.69, 9.17) is 11.6 Å². The normalized spacial score (nSPS) is 15.7. The van der Waals surface area contributed by atoms with E-state index in [1.807, 2.05) is 30.1 Å². The maximum atomic E-state index is 12.4. The lowest BCUT2D eigenvalue weighted by atomic mass is 10.2. The van der Waals surface area contributed by atoms with E-state index in [0.717, 1.165) is 18.7 Å². The molecule has 0 spiro atoms. The molecule has 2 amide bonds. The Morgan fingerprint density at radius 3 is 2.41 bits per heavy atom. The zero-order valence-electron chi connectivity index (χ0n) is 13.1. The fourth-order valence-electron chi connectivity index (χ4n) is 2.43. The summed E-state index contributed by atoms with van der Waals surface area (Å²) in [5.74, 6) is -0.127. The highest BCUT2D eigenvalue weighted by atomic mass is 35.5. The molecule has 1 saturated heterocycles. The minimum Gasteiger partial charge on any atom is -0.339 e. The highest BCUT2D eigenvalue weighted by Gasteiger charge is 2.22. The van der Waals surface area contributed by atoms with Crippen molar-refractivity contribution in [2.75, 3.05) is 39.8 Å². The van der Waals surface area contributed by atoms with Crippen LogP contribution in [0, 0.1) is 0 Å². The van der Waals surface area contributed by atoms with Gasteiger partial charge in [-0.1, -0.05) is 29.8 Å². The first-order valence-electron chi connectivity index (χ1n) is 7.42. The summed E-state index contributed by atoms with van der Waals surface area (Å²) in [5, 5.41) is 0.612. The third-order valence-electron chi connectivity index (χ3n) is 3.95. The third kappa shape index (κ3) is 4.45. The number of halogens is 1. The SMILES string of the molecule is CC(=O)N(CC(=O)N1CCN(C)CC1)Cc1ccccc1Cl. The van der Waals surface area contributed by atoms with E-state index in [0.29, 0.717) is 24.7 Å². The summed E-state index contributed by atoms with van der Waals surface area (Å²) >= 11 is 6.14. The van der Waals surface area contributed by atoms with Crippen molar-refractivity contribution >= 4 is 23.4 Å². The number of rotatable bonds is 4. The molecule has 5 nitrogen and oxygen atoms in total. The highest BCUT2D eigenvalue weighted by molar-refractivity contribution is 6.31. The summed E-state index contributed by atoms with van der Waals surface area (Å²) < 4.78 is 0. The number of carbonyl (C=O) groups excluding carboxylic acids is 2. The molecular formula is C16H22ClN3O2. The number of nitrogens with zero attached hydrogens (tertiary/aromatic N) is 3. The van der Waals surface area contributed by atoms with Crippen molar-refractivity contribution in [3.05, 3.63) is 34.9 Å². The van der Waals surface area contributed by atoms with Crippen LogP contribution in [0.3, 0.4) is 0 Å². The van der Waals surface area contributed by atoms with Crippen molar-refractivity contribution in [2.24, 2.45) is 0 Å². The first kappa shape index (κ1) is 16.8. The first-order valence-corrected chi connectivity index (χ1v) is 7.80. The standard InChI is InChI=1S/C16H22ClN3O2/c1-13(21)20(11-14-5-3-4-6-15(14)17)12-16(22)19-9-7-18(2)8-10-19/h3-6H,7-12H2,1-2H3. The van der Waals surface area contributed by atoms with Crippen molar-refractivity contribution in [1.29, 1.82) is 0 Å². The molecule has 6 heteroatoms. The molecule has 1 aliphatic rings. The van der Waals surface area contributed by atoms with E-state index in [1.165, 1.54) is 6.92 Å². The van der Waals surface area contributed by atoms with E-state index in [2.05, 4.69) is 4.90 Å². The van der Waals surface area contributed by atoms with Gasteiger partial charge in [-0.05, 0) is 18.7 Å². The number of amides is 2. The largest absolute Gasteiger partial charge is 0.339 e. The second-order valence-electron chi connectivity index (χ2n) is 5.65. The molecule has 1 aromatic carbocycles. The molecular weight excluding hydrogens is 302 g/mol. The Morgan fingerprint density at radius 1 is 1.18 bits per heavy atom. The summed E-state index contributed by atoms with van der Waals surface area (Å²) in [4.78, 5) is 29.8. The summed E-state index contributed by atoms with van der Waals surface area (Å²) in [6, 6.07) is 7.39. The predicted molar refractivity (Wildman–Crippen MR) is 86.6 cm³/mol. The van der Waals surface area contributed by atoms with Crippen LogP contribution < -0.4 is 0 Å². The van der Waals surface area contributed by atoms with Gasteiger partial charge in [0.2, 0.25) is 11.8 Å². The minimum atomic E-state index is -0.123. The van der Waals surface area contributed by atoms with Gasteiger partial charge < -0.3 is 14.7 Å². The lowest BCUT2D eigenvalue weighted by molar-refractivity contribution is -0.140. The smallest absolute Gasteiger partial charge is 0.242 e. The fourth-order valence-corrected chi connectivity index (χ4v) is 2.63. The van der Waals surface area contributed by atoms with Gasteiger partial charge in [0.25, 0.3) is 0 Å². The summed E-state index contributed by atoms with van der Waals surface area (Å²) in [6.07, 6.45) is 0. The second kappa shape index (κ2) is 7.61. The van der Waals surface area contributed by atoms with Gasteiger partial charge >= 0.3 is 0 Å². The number of hydrogen-bond donors (Lipinski definition) is 0. The number of carbonyl (C=O) groups is 2. The Bertz CT molecular complexity index is 542. The molecule has 0 atom stereocenters. The van der Waals surface area contributed by atoms with Crippen LogP contribution in [-0.4, -0.2) is 66.3 Å². The molecule has 0 aliphatic carbocycles. The summed E-state index contributed by atoms with van der Waals surface area (Å²) in [5.41, 5.74) is 0.852. The van der Waals surface area contributed by atoms with Gasteiger partial charge in [0, 0.05) is 44.7 Å². The molecule has 0 aromatic heterocycles. The molecule has 2 rings (SSSR count). The number of likely N-dealkylation sites (N-methyl/N-ethyl adjacent to an activating group) is 1. The molecule has 0 radical (unpaired) electrons. The van der Waals surface area contributed by atoms with Gasteiger partial charge in [-0.25, -0.2) is 0 Å². The number of hydrogen-bond acceptors (Lipinski definition) is 3. The Kier molecular flexibility index (Phi) is 5.80. The van der Waals surface area contributed by atoms with Crippen LogP contribution >= 0.6 is 11.6 Å². The molecule has 1 aliphatic heterocycles. The fraction of sp³-hybridized carbons (Fsp3) is 0.500. The average molecular weight is 324 g/mol. The minimum absolute atomic E-state index is 0.00430. The van der Waals surface area contributed by atoms with Crippen LogP contribution in [0.5, 0.6) is 0 Å². The first-order chi connectivity index (χ1) is 10.5. The van der Waals surface area contributed by atoms with Gasteiger partial charge in [-0.15, -0.1) is 0 Å². The van der Waals surface area contributed by atoms with Crippen LogP contribution in [0.4, 0.5) is 0 Å². The van der Waals surface area contributed by atoms with E-state index in [-0.39, 0.29) is 18.4 Å². The van der Waals surface area contributed by atoms with Crippen LogP contribution in [0.2, 0.25) is 5.02 Å².